The van der Waals surface area contributed by atoms with E-state index in [1.165, 1.54) is 16.8 Å². The van der Waals surface area contributed by atoms with Gasteiger partial charge in [-0.1, -0.05) is 42.5 Å². The second kappa shape index (κ2) is 7.53. The normalized spacial score (nSPS) is 20.9. The number of aromatic nitrogens is 1. The molecular weight excluding hydrogens is 360 g/mol. The van der Waals surface area contributed by atoms with Gasteiger partial charge in [-0.15, -0.1) is 0 Å². The minimum absolute atomic E-state index is 0.128. The minimum atomic E-state index is 0.128. The van der Waals surface area contributed by atoms with Crippen molar-refractivity contribution in [1.29, 1.82) is 0 Å². The molecule has 2 bridgehead atoms. The largest absolute Gasteiger partial charge is 0.497 e. The van der Waals surface area contributed by atoms with Gasteiger partial charge in [0.1, 0.15) is 5.75 Å². The average Bonchev–Trinajstić information content (AvgIpc) is 2.75. The summed E-state index contributed by atoms with van der Waals surface area (Å²) in [7, 11) is 1.68. The molecule has 1 fully saturated rings. The van der Waals surface area contributed by atoms with Gasteiger partial charge in [0.05, 0.1) is 7.11 Å². The summed E-state index contributed by atoms with van der Waals surface area (Å²) in [5.74, 6) is 1.77. The Labute approximate surface area is 171 Å². The maximum Gasteiger partial charge on any atom is 0.250 e. The standard InChI is InChI=1S/C25H26N2O2/c1-29-22-9-7-20(8-10-22)23-11-12-24(28)27-16-19-13-21(25(23)27)17-26(15-19)14-18-5-3-2-4-6-18/h2-12,19,21H,13-17H2,1H3/t19-,21-/m0/s1. The van der Waals surface area contributed by atoms with E-state index in [0.717, 1.165) is 43.9 Å². The monoisotopic (exact) mass is 386 g/mol. The molecule has 0 unspecified atom stereocenters. The first-order valence-electron chi connectivity index (χ1n) is 10.4. The summed E-state index contributed by atoms with van der Waals surface area (Å²) in [4.78, 5) is 15.2. The number of piperidine rings is 1. The number of nitrogens with zero attached hydrogens (tertiary/aromatic N) is 2. The van der Waals surface area contributed by atoms with Gasteiger partial charge in [0.2, 0.25) is 0 Å². The van der Waals surface area contributed by atoms with Gasteiger partial charge >= 0.3 is 0 Å². The lowest BCUT2D eigenvalue weighted by molar-refractivity contribution is 0.115. The van der Waals surface area contributed by atoms with E-state index < -0.39 is 0 Å². The summed E-state index contributed by atoms with van der Waals surface area (Å²) in [5.41, 5.74) is 5.01. The topological polar surface area (TPSA) is 34.5 Å². The molecule has 2 aliphatic heterocycles. The van der Waals surface area contributed by atoms with Gasteiger partial charge in [0.25, 0.3) is 5.56 Å². The van der Waals surface area contributed by atoms with Crippen molar-refractivity contribution in [3.05, 3.63) is 88.3 Å². The molecule has 148 valence electrons. The Kier molecular flexibility index (Phi) is 4.72. The van der Waals surface area contributed by atoms with Crippen molar-refractivity contribution in [1.82, 2.24) is 9.47 Å². The third-order valence-corrected chi connectivity index (χ3v) is 6.32. The molecule has 1 aromatic heterocycles. The van der Waals surface area contributed by atoms with Crippen molar-refractivity contribution in [2.24, 2.45) is 5.92 Å². The molecule has 2 aromatic carbocycles. The van der Waals surface area contributed by atoms with Gasteiger partial charge < -0.3 is 9.30 Å². The van der Waals surface area contributed by atoms with Crippen molar-refractivity contribution in [3.63, 3.8) is 0 Å². The molecule has 0 amide bonds. The summed E-state index contributed by atoms with van der Waals surface area (Å²) in [5, 5.41) is 0. The Bertz CT molecular complexity index is 1060. The van der Waals surface area contributed by atoms with Gasteiger partial charge in [-0.2, -0.15) is 0 Å². The van der Waals surface area contributed by atoms with Crippen molar-refractivity contribution in [2.45, 2.75) is 25.4 Å². The molecule has 2 aliphatic rings. The Morgan fingerprint density at radius 3 is 2.48 bits per heavy atom. The van der Waals surface area contributed by atoms with Crippen LogP contribution in [0.2, 0.25) is 0 Å². The fourth-order valence-corrected chi connectivity index (χ4v) is 5.10. The molecule has 0 spiro atoms. The van der Waals surface area contributed by atoms with E-state index in [0.29, 0.717) is 11.8 Å². The number of hydrogen-bond acceptors (Lipinski definition) is 3. The van der Waals surface area contributed by atoms with Gasteiger partial charge in [-0.3, -0.25) is 9.69 Å². The molecular formula is C25H26N2O2. The molecule has 0 aliphatic carbocycles. The number of pyridine rings is 1. The van der Waals surface area contributed by atoms with E-state index in [4.69, 9.17) is 4.74 Å². The molecule has 2 atom stereocenters. The average molecular weight is 386 g/mol. The van der Waals surface area contributed by atoms with Crippen molar-refractivity contribution in [2.75, 3.05) is 20.2 Å². The summed E-state index contributed by atoms with van der Waals surface area (Å²) in [6.45, 7) is 3.85. The van der Waals surface area contributed by atoms with Crippen LogP contribution in [0.3, 0.4) is 0 Å². The highest BCUT2D eigenvalue weighted by Crippen LogP contribution is 2.40. The number of likely N-dealkylation sites (tertiary alicyclic amines) is 1. The van der Waals surface area contributed by atoms with Crippen molar-refractivity contribution in [3.8, 4) is 16.9 Å². The van der Waals surface area contributed by atoms with Crippen LogP contribution in [0.4, 0.5) is 0 Å². The lowest BCUT2D eigenvalue weighted by Crippen LogP contribution is -2.47. The van der Waals surface area contributed by atoms with Crippen molar-refractivity contribution >= 4 is 0 Å². The molecule has 29 heavy (non-hydrogen) atoms. The number of fused-ring (bicyclic) bond motifs is 4. The Morgan fingerprint density at radius 2 is 1.72 bits per heavy atom. The van der Waals surface area contributed by atoms with Crippen LogP contribution in [0, 0.1) is 5.92 Å². The molecule has 1 saturated heterocycles. The molecule has 0 N–H and O–H groups in total. The Morgan fingerprint density at radius 1 is 0.931 bits per heavy atom. The predicted octanol–water partition coefficient (Wildman–Crippen LogP) is 4.14. The first kappa shape index (κ1) is 18.2. The van der Waals surface area contributed by atoms with E-state index in [1.807, 2.05) is 22.8 Å². The second-order valence-electron chi connectivity index (χ2n) is 8.29. The second-order valence-corrected chi connectivity index (χ2v) is 8.29. The van der Waals surface area contributed by atoms with E-state index in [9.17, 15) is 4.79 Å². The van der Waals surface area contributed by atoms with Crippen LogP contribution in [0.15, 0.2) is 71.5 Å². The lowest BCUT2D eigenvalue weighted by atomic mass is 9.80. The zero-order valence-electron chi connectivity index (χ0n) is 16.8. The van der Waals surface area contributed by atoms with Crippen LogP contribution in [-0.4, -0.2) is 29.7 Å². The third-order valence-electron chi connectivity index (χ3n) is 6.32. The molecule has 3 aromatic rings. The Balaban J connectivity index is 1.50. The number of hydrogen-bond donors (Lipinski definition) is 0. The van der Waals surface area contributed by atoms with E-state index in [-0.39, 0.29) is 5.56 Å². The fraction of sp³-hybridized carbons (Fsp3) is 0.320. The van der Waals surface area contributed by atoms with Crippen LogP contribution in [0.25, 0.3) is 11.1 Å². The van der Waals surface area contributed by atoms with Gasteiger partial charge in [0, 0.05) is 49.4 Å². The smallest absolute Gasteiger partial charge is 0.250 e. The van der Waals surface area contributed by atoms with E-state index >= 15 is 0 Å². The van der Waals surface area contributed by atoms with Crippen LogP contribution < -0.4 is 10.3 Å². The Hall–Kier alpha value is -2.85. The van der Waals surface area contributed by atoms with Gasteiger partial charge in [-0.05, 0) is 41.7 Å². The summed E-state index contributed by atoms with van der Waals surface area (Å²) < 4.78 is 7.35. The first-order chi connectivity index (χ1) is 14.2. The molecule has 4 nitrogen and oxygen atoms in total. The van der Waals surface area contributed by atoms with Crippen LogP contribution >= 0.6 is 0 Å². The summed E-state index contributed by atoms with van der Waals surface area (Å²) >= 11 is 0. The van der Waals surface area contributed by atoms with E-state index in [2.05, 4.69) is 47.4 Å². The number of ether oxygens (including phenoxy) is 1. The highest BCUT2D eigenvalue weighted by molar-refractivity contribution is 5.67. The third kappa shape index (κ3) is 3.49. The van der Waals surface area contributed by atoms with Crippen LogP contribution in [0.5, 0.6) is 5.75 Å². The first-order valence-corrected chi connectivity index (χ1v) is 10.4. The number of methoxy groups -OCH3 is 1. The number of rotatable bonds is 4. The summed E-state index contributed by atoms with van der Waals surface area (Å²) in [6, 6.07) is 22.6. The highest BCUT2D eigenvalue weighted by Gasteiger charge is 2.36. The predicted molar refractivity (Wildman–Crippen MR) is 115 cm³/mol. The number of benzene rings is 2. The quantitative estimate of drug-likeness (QED) is 0.676. The molecule has 0 radical (unpaired) electrons. The minimum Gasteiger partial charge on any atom is -0.497 e. The fourth-order valence-electron chi connectivity index (χ4n) is 5.10. The molecule has 5 rings (SSSR count). The zero-order valence-corrected chi connectivity index (χ0v) is 16.8. The molecule has 3 heterocycles. The zero-order chi connectivity index (χ0) is 19.8. The maximum absolute atomic E-state index is 12.7. The highest BCUT2D eigenvalue weighted by atomic mass is 16.5. The SMILES string of the molecule is COc1ccc(-c2ccc(=O)n3c2[C@H]2C[C@@H](CN(Cc4ccccc4)C2)C3)cc1. The maximum atomic E-state index is 12.7. The van der Waals surface area contributed by atoms with Crippen molar-refractivity contribution < 1.29 is 4.74 Å². The van der Waals surface area contributed by atoms with Gasteiger partial charge in [-0.25, -0.2) is 0 Å². The molecule has 4 heteroatoms. The molecule has 0 saturated carbocycles. The van der Waals surface area contributed by atoms with E-state index in [1.54, 1.807) is 13.2 Å². The van der Waals surface area contributed by atoms with Crippen LogP contribution in [-0.2, 0) is 13.1 Å². The summed E-state index contributed by atoms with van der Waals surface area (Å²) in [6.07, 6.45) is 1.16. The van der Waals surface area contributed by atoms with Gasteiger partial charge in [0.15, 0.2) is 0 Å². The van der Waals surface area contributed by atoms with Crippen LogP contribution in [0.1, 0.15) is 23.6 Å². The lowest BCUT2D eigenvalue weighted by Gasteiger charge is -2.43.